The molecular weight excluding hydrogens is 246 g/mol. The Morgan fingerprint density at radius 1 is 1.69 bits per heavy atom. The average molecular weight is 259 g/mol. The molecule has 2 N–H and O–H groups in total. The van der Waals surface area contributed by atoms with E-state index in [1.165, 1.54) is 5.56 Å². The summed E-state index contributed by atoms with van der Waals surface area (Å²) < 4.78 is 0. The summed E-state index contributed by atoms with van der Waals surface area (Å²) in [4.78, 5) is 20.8. The van der Waals surface area contributed by atoms with Crippen LogP contribution in [-0.2, 0) is 15.3 Å². The predicted molar refractivity (Wildman–Crippen MR) is 65.7 cm³/mol. The van der Waals surface area contributed by atoms with Crippen LogP contribution in [0, 0.1) is 0 Å². The molecule has 0 radical (unpaired) electrons. The lowest BCUT2D eigenvalue weighted by Crippen LogP contribution is -2.36. The maximum Gasteiger partial charge on any atom is 0.326 e. The number of hydrogen-bond acceptors (Lipinski definition) is 4. The first-order chi connectivity index (χ1) is 7.74. The molecule has 0 fully saturated rings. The van der Waals surface area contributed by atoms with Crippen LogP contribution in [0.25, 0.3) is 0 Å². The second kappa shape index (κ2) is 7.29. The van der Waals surface area contributed by atoms with Crippen LogP contribution in [0.1, 0.15) is 12.0 Å². The molecule has 0 aromatic carbocycles. The summed E-state index contributed by atoms with van der Waals surface area (Å²) in [5.74, 6) is 0.619. The maximum atomic E-state index is 10.7. The minimum absolute atomic E-state index is 0.433. The number of rotatable bonds is 8. The number of thioether (sulfide) groups is 1. The van der Waals surface area contributed by atoms with Crippen molar-refractivity contribution in [1.29, 1.82) is 0 Å². The second-order valence-corrected chi connectivity index (χ2v) is 5.03. The third-order valence-electron chi connectivity index (χ3n) is 1.97. The molecule has 1 aromatic heterocycles. The molecule has 1 amide bonds. The van der Waals surface area contributed by atoms with Gasteiger partial charge in [-0.05, 0) is 34.6 Å². The Kier molecular flexibility index (Phi) is 5.95. The first kappa shape index (κ1) is 13.1. The number of hydrogen-bond donors (Lipinski definition) is 2. The maximum absolute atomic E-state index is 10.7. The van der Waals surface area contributed by atoms with Crippen LogP contribution in [-0.4, -0.2) is 29.3 Å². The summed E-state index contributed by atoms with van der Waals surface area (Å²) in [6, 6.07) is 1.28. The Hall–Kier alpha value is -1.01. The minimum atomic E-state index is -0.983. The number of thiophene rings is 1. The number of carboxylic acids is 1. The predicted octanol–water partition coefficient (Wildman–Crippen LogP) is 1.57. The van der Waals surface area contributed by atoms with Gasteiger partial charge in [0, 0.05) is 5.75 Å². The molecule has 1 heterocycles. The van der Waals surface area contributed by atoms with Gasteiger partial charge in [0.2, 0.25) is 6.41 Å². The summed E-state index contributed by atoms with van der Waals surface area (Å²) in [6.45, 7) is 0. The monoisotopic (exact) mass is 259 g/mol. The summed E-state index contributed by atoms with van der Waals surface area (Å²) >= 11 is 3.32. The second-order valence-electron chi connectivity index (χ2n) is 3.15. The van der Waals surface area contributed by atoms with E-state index in [0.29, 0.717) is 18.6 Å². The largest absolute Gasteiger partial charge is 0.480 e. The van der Waals surface area contributed by atoms with E-state index in [4.69, 9.17) is 5.11 Å². The van der Waals surface area contributed by atoms with Crippen LogP contribution in [0.3, 0.4) is 0 Å². The van der Waals surface area contributed by atoms with Crippen molar-refractivity contribution in [3.8, 4) is 0 Å². The van der Waals surface area contributed by atoms with Gasteiger partial charge in [0.1, 0.15) is 6.04 Å². The van der Waals surface area contributed by atoms with Crippen molar-refractivity contribution in [2.75, 3.05) is 5.75 Å². The van der Waals surface area contributed by atoms with E-state index in [1.807, 2.05) is 5.38 Å². The van der Waals surface area contributed by atoms with Gasteiger partial charge >= 0.3 is 5.97 Å². The van der Waals surface area contributed by atoms with Gasteiger partial charge in [0.15, 0.2) is 0 Å². The summed E-state index contributed by atoms with van der Waals surface area (Å²) in [6.07, 6.45) is 0.880. The van der Waals surface area contributed by atoms with Gasteiger partial charge < -0.3 is 10.4 Å². The lowest BCUT2D eigenvalue weighted by molar-refractivity contribution is -0.140. The quantitative estimate of drug-likeness (QED) is 0.549. The Morgan fingerprint density at radius 2 is 2.50 bits per heavy atom. The zero-order valence-electron chi connectivity index (χ0n) is 8.59. The van der Waals surface area contributed by atoms with Gasteiger partial charge in [-0.2, -0.15) is 23.1 Å². The van der Waals surface area contributed by atoms with E-state index in [0.717, 1.165) is 5.75 Å². The fraction of sp³-hybridized carbons (Fsp3) is 0.400. The van der Waals surface area contributed by atoms with Crippen LogP contribution in [0.2, 0.25) is 0 Å². The van der Waals surface area contributed by atoms with Crippen molar-refractivity contribution in [2.24, 2.45) is 0 Å². The highest BCUT2D eigenvalue weighted by atomic mass is 32.2. The molecule has 0 aliphatic carbocycles. The molecule has 1 unspecified atom stereocenters. The Morgan fingerprint density at radius 3 is 3.06 bits per heavy atom. The van der Waals surface area contributed by atoms with Crippen LogP contribution >= 0.6 is 23.1 Å². The molecule has 1 atom stereocenters. The van der Waals surface area contributed by atoms with Crippen molar-refractivity contribution >= 4 is 35.5 Å². The van der Waals surface area contributed by atoms with Crippen molar-refractivity contribution < 1.29 is 14.7 Å². The molecule has 6 heteroatoms. The molecule has 0 aliphatic heterocycles. The molecule has 0 spiro atoms. The van der Waals surface area contributed by atoms with Gasteiger partial charge in [0.25, 0.3) is 0 Å². The topological polar surface area (TPSA) is 66.4 Å². The summed E-state index contributed by atoms with van der Waals surface area (Å²) in [5.41, 5.74) is 1.25. The van der Waals surface area contributed by atoms with Gasteiger partial charge in [0.05, 0.1) is 0 Å². The van der Waals surface area contributed by atoms with Crippen LogP contribution < -0.4 is 5.32 Å². The van der Waals surface area contributed by atoms with Gasteiger partial charge in [-0.25, -0.2) is 4.79 Å². The smallest absolute Gasteiger partial charge is 0.326 e. The SMILES string of the molecule is O=CNC(CCSCc1ccsc1)C(=O)O. The Balaban J connectivity index is 2.18. The standard InChI is InChI=1S/C10H13NO3S2/c12-7-11-9(10(13)14)2-4-16-6-8-1-3-15-5-8/h1,3,5,7,9H,2,4,6H2,(H,11,12)(H,13,14). The van der Waals surface area contributed by atoms with Crippen molar-refractivity contribution in [3.05, 3.63) is 22.4 Å². The first-order valence-electron chi connectivity index (χ1n) is 4.75. The zero-order valence-corrected chi connectivity index (χ0v) is 10.2. The van der Waals surface area contributed by atoms with Gasteiger partial charge in [-0.3, -0.25) is 4.79 Å². The molecule has 16 heavy (non-hydrogen) atoms. The Labute approximate surface area is 102 Å². The van der Waals surface area contributed by atoms with Crippen LogP contribution in [0.4, 0.5) is 0 Å². The van der Waals surface area contributed by atoms with E-state index in [2.05, 4.69) is 16.8 Å². The van der Waals surface area contributed by atoms with Crippen molar-refractivity contribution in [3.63, 3.8) is 0 Å². The van der Waals surface area contributed by atoms with Gasteiger partial charge in [-0.1, -0.05) is 0 Å². The van der Waals surface area contributed by atoms with E-state index in [9.17, 15) is 9.59 Å². The van der Waals surface area contributed by atoms with E-state index in [-0.39, 0.29) is 0 Å². The summed E-state index contributed by atoms with van der Waals surface area (Å²) in [5, 5.41) is 15.1. The van der Waals surface area contributed by atoms with E-state index < -0.39 is 12.0 Å². The molecule has 88 valence electrons. The van der Waals surface area contributed by atoms with E-state index >= 15 is 0 Å². The number of carbonyl (C=O) groups excluding carboxylic acids is 1. The first-order valence-corrected chi connectivity index (χ1v) is 6.85. The number of carboxylic acid groups (broad SMARTS) is 1. The fourth-order valence-electron chi connectivity index (χ4n) is 1.13. The third-order valence-corrected chi connectivity index (χ3v) is 3.76. The third kappa shape index (κ3) is 4.67. The van der Waals surface area contributed by atoms with Gasteiger partial charge in [-0.15, -0.1) is 0 Å². The fourth-order valence-corrected chi connectivity index (χ4v) is 2.86. The number of nitrogens with one attached hydrogen (secondary N) is 1. The van der Waals surface area contributed by atoms with Crippen molar-refractivity contribution in [2.45, 2.75) is 18.2 Å². The highest BCUT2D eigenvalue weighted by Gasteiger charge is 2.15. The highest BCUT2D eigenvalue weighted by molar-refractivity contribution is 7.98. The normalized spacial score (nSPS) is 12.0. The lowest BCUT2D eigenvalue weighted by atomic mass is 10.2. The molecule has 0 saturated carbocycles. The molecule has 0 bridgehead atoms. The molecule has 1 aromatic rings. The number of aliphatic carboxylic acids is 1. The summed E-state index contributed by atoms with van der Waals surface area (Å²) in [7, 11) is 0. The van der Waals surface area contributed by atoms with E-state index in [1.54, 1.807) is 23.1 Å². The van der Waals surface area contributed by atoms with Crippen LogP contribution in [0.15, 0.2) is 16.8 Å². The highest BCUT2D eigenvalue weighted by Crippen LogP contribution is 2.16. The number of amides is 1. The lowest BCUT2D eigenvalue weighted by Gasteiger charge is -2.09. The molecule has 0 saturated heterocycles. The average Bonchev–Trinajstić information content (AvgIpc) is 2.75. The number of carbonyl (C=O) groups is 2. The zero-order chi connectivity index (χ0) is 11.8. The Bertz CT molecular complexity index is 327. The van der Waals surface area contributed by atoms with Crippen LogP contribution in [0.5, 0.6) is 0 Å². The molecular formula is C10H13NO3S2. The minimum Gasteiger partial charge on any atom is -0.480 e. The molecule has 1 rings (SSSR count). The molecule has 4 nitrogen and oxygen atoms in total. The van der Waals surface area contributed by atoms with Crippen molar-refractivity contribution in [1.82, 2.24) is 5.32 Å². The molecule has 0 aliphatic rings.